The average molecular weight is 305 g/mol. The fourth-order valence-corrected chi connectivity index (χ4v) is 3.85. The van der Waals surface area contributed by atoms with E-state index in [4.69, 9.17) is 10.2 Å². The number of carboxylic acid groups (broad SMARTS) is 1. The summed E-state index contributed by atoms with van der Waals surface area (Å²) in [5, 5.41) is 23.8. The van der Waals surface area contributed by atoms with Crippen molar-refractivity contribution in [1.29, 1.82) is 0 Å². The largest absolute Gasteiger partial charge is 0.476 e. The fourth-order valence-electron chi connectivity index (χ4n) is 1.88. The van der Waals surface area contributed by atoms with Crippen LogP contribution in [0.15, 0.2) is 4.90 Å². The number of hydrogen-bond acceptors (Lipinski definition) is 5. The molecule has 20 heavy (non-hydrogen) atoms. The van der Waals surface area contributed by atoms with Gasteiger partial charge >= 0.3 is 5.97 Å². The van der Waals surface area contributed by atoms with E-state index in [1.54, 1.807) is 13.8 Å². The van der Waals surface area contributed by atoms with E-state index >= 15 is 0 Å². The van der Waals surface area contributed by atoms with E-state index in [1.807, 2.05) is 0 Å². The number of aliphatic hydroxyl groups is 1. The van der Waals surface area contributed by atoms with Gasteiger partial charge in [-0.25, -0.2) is 13.2 Å². The number of aromatic amines is 1. The molecule has 0 saturated heterocycles. The van der Waals surface area contributed by atoms with Crippen LogP contribution < -0.4 is 0 Å². The van der Waals surface area contributed by atoms with Gasteiger partial charge in [0.2, 0.25) is 10.0 Å². The molecule has 0 bridgehead atoms. The highest BCUT2D eigenvalue weighted by atomic mass is 32.2. The number of rotatable bonds is 7. The van der Waals surface area contributed by atoms with E-state index in [2.05, 4.69) is 10.2 Å². The Balaban J connectivity index is 3.33. The summed E-state index contributed by atoms with van der Waals surface area (Å²) in [6.45, 7) is 4.79. The molecule has 0 aliphatic heterocycles. The molecule has 0 unspecified atom stereocenters. The third kappa shape index (κ3) is 3.17. The summed E-state index contributed by atoms with van der Waals surface area (Å²) in [4.78, 5) is 10.8. The molecule has 9 heteroatoms. The fraction of sp³-hybridized carbons (Fsp3) is 0.636. The number of aryl methyl sites for hydroxylation is 1. The first-order valence-electron chi connectivity index (χ1n) is 6.14. The molecule has 8 nitrogen and oxygen atoms in total. The second-order valence-corrected chi connectivity index (χ2v) is 6.45. The van der Waals surface area contributed by atoms with Crippen molar-refractivity contribution in [2.75, 3.05) is 13.2 Å². The molecule has 1 rings (SSSR count). The standard InChI is InChI=1S/C11H19N3O5S/c1-7(2)14(5-4-6-15)20(18,19)10-8(3)12-13-9(10)11(16)17/h7,15H,4-6H2,1-3H3,(H,12,13)(H,16,17). The average Bonchev–Trinajstić information content (AvgIpc) is 2.71. The van der Waals surface area contributed by atoms with E-state index in [-0.39, 0.29) is 36.2 Å². The molecule has 114 valence electrons. The number of carbonyl (C=O) groups is 1. The van der Waals surface area contributed by atoms with E-state index in [0.717, 1.165) is 4.31 Å². The zero-order chi connectivity index (χ0) is 15.5. The van der Waals surface area contributed by atoms with Crippen molar-refractivity contribution in [2.24, 2.45) is 0 Å². The SMILES string of the molecule is Cc1[nH]nc(C(=O)O)c1S(=O)(=O)N(CCCO)C(C)C. The molecule has 0 radical (unpaired) electrons. The van der Waals surface area contributed by atoms with Crippen molar-refractivity contribution < 1.29 is 23.4 Å². The molecule has 0 aliphatic carbocycles. The molecule has 0 saturated carbocycles. The van der Waals surface area contributed by atoms with Crippen molar-refractivity contribution >= 4 is 16.0 Å². The minimum atomic E-state index is -3.99. The lowest BCUT2D eigenvalue weighted by atomic mass is 10.3. The van der Waals surface area contributed by atoms with Gasteiger partial charge in [-0.05, 0) is 27.2 Å². The van der Waals surface area contributed by atoms with Gasteiger partial charge in [0.25, 0.3) is 0 Å². The van der Waals surface area contributed by atoms with Crippen LogP contribution in [-0.4, -0.2) is 58.3 Å². The van der Waals surface area contributed by atoms with Crippen molar-refractivity contribution in [3.8, 4) is 0 Å². The number of aliphatic hydroxyl groups excluding tert-OH is 1. The quantitative estimate of drug-likeness (QED) is 0.661. The smallest absolute Gasteiger partial charge is 0.357 e. The zero-order valence-electron chi connectivity index (χ0n) is 11.6. The lowest BCUT2D eigenvalue weighted by molar-refractivity contribution is 0.0686. The number of nitrogens with zero attached hydrogens (tertiary/aromatic N) is 2. The second kappa shape index (κ2) is 6.33. The number of aromatic carboxylic acids is 1. The monoisotopic (exact) mass is 305 g/mol. The molecule has 0 aliphatic rings. The number of sulfonamides is 1. The molecule has 0 spiro atoms. The number of H-pyrrole nitrogens is 1. The topological polar surface area (TPSA) is 124 Å². The molecule has 1 aromatic rings. The van der Waals surface area contributed by atoms with Crippen LogP contribution in [0.3, 0.4) is 0 Å². The van der Waals surface area contributed by atoms with Gasteiger partial charge < -0.3 is 10.2 Å². The molecular formula is C11H19N3O5S. The summed E-state index contributed by atoms with van der Waals surface area (Å²) in [5.41, 5.74) is -0.339. The maximum absolute atomic E-state index is 12.6. The van der Waals surface area contributed by atoms with Crippen LogP contribution in [-0.2, 0) is 10.0 Å². The van der Waals surface area contributed by atoms with Crippen LogP contribution in [0.1, 0.15) is 36.5 Å². The van der Waals surface area contributed by atoms with Crippen LogP contribution in [0.4, 0.5) is 0 Å². The lowest BCUT2D eigenvalue weighted by Crippen LogP contribution is -2.38. The van der Waals surface area contributed by atoms with Gasteiger partial charge in [-0.1, -0.05) is 0 Å². The summed E-state index contributed by atoms with van der Waals surface area (Å²) in [5.74, 6) is -1.40. The Kier molecular flexibility index (Phi) is 5.26. The highest BCUT2D eigenvalue weighted by Crippen LogP contribution is 2.24. The first-order chi connectivity index (χ1) is 9.23. The molecule has 0 fully saturated rings. The second-order valence-electron chi connectivity index (χ2n) is 4.62. The summed E-state index contributed by atoms with van der Waals surface area (Å²) in [6, 6.07) is -0.359. The Morgan fingerprint density at radius 2 is 2.05 bits per heavy atom. The third-order valence-corrected chi connectivity index (χ3v) is 5.01. The highest BCUT2D eigenvalue weighted by Gasteiger charge is 2.34. The molecule has 1 aromatic heterocycles. The Morgan fingerprint density at radius 1 is 1.45 bits per heavy atom. The molecule has 0 amide bonds. The van der Waals surface area contributed by atoms with Crippen molar-refractivity contribution in [1.82, 2.24) is 14.5 Å². The molecule has 0 atom stereocenters. The van der Waals surface area contributed by atoms with Crippen LogP contribution in [0.2, 0.25) is 0 Å². The van der Waals surface area contributed by atoms with Crippen LogP contribution in [0, 0.1) is 6.92 Å². The molecule has 3 N–H and O–H groups in total. The van der Waals surface area contributed by atoms with Crippen molar-refractivity contribution in [3.63, 3.8) is 0 Å². The van der Waals surface area contributed by atoms with Gasteiger partial charge in [0.05, 0.1) is 5.69 Å². The van der Waals surface area contributed by atoms with Crippen LogP contribution >= 0.6 is 0 Å². The number of hydrogen-bond donors (Lipinski definition) is 3. The van der Waals surface area contributed by atoms with Gasteiger partial charge in [-0.3, -0.25) is 5.10 Å². The van der Waals surface area contributed by atoms with Gasteiger partial charge in [-0.15, -0.1) is 0 Å². The lowest BCUT2D eigenvalue weighted by Gasteiger charge is -2.25. The number of aromatic nitrogens is 2. The van der Waals surface area contributed by atoms with Crippen LogP contribution in [0.25, 0.3) is 0 Å². The Hall–Kier alpha value is -1.45. The van der Waals surface area contributed by atoms with Gasteiger partial charge in [-0.2, -0.15) is 9.40 Å². The molecule has 0 aromatic carbocycles. The van der Waals surface area contributed by atoms with Crippen molar-refractivity contribution in [2.45, 2.75) is 38.1 Å². The zero-order valence-corrected chi connectivity index (χ0v) is 12.4. The minimum absolute atomic E-state index is 0.111. The minimum Gasteiger partial charge on any atom is -0.476 e. The summed E-state index contributed by atoms with van der Waals surface area (Å²) in [6.07, 6.45) is 0.275. The van der Waals surface area contributed by atoms with Crippen LogP contribution in [0.5, 0.6) is 0 Å². The predicted molar refractivity (Wildman–Crippen MR) is 71.0 cm³/mol. The van der Waals surface area contributed by atoms with Gasteiger partial charge in [0.1, 0.15) is 4.90 Å². The first kappa shape index (κ1) is 16.6. The predicted octanol–water partition coefficient (Wildman–Crippen LogP) is 0.198. The Labute approximate surface area is 117 Å². The van der Waals surface area contributed by atoms with E-state index in [1.165, 1.54) is 6.92 Å². The van der Waals surface area contributed by atoms with Gasteiger partial charge in [0, 0.05) is 19.2 Å². The summed E-state index contributed by atoms with van der Waals surface area (Å²) >= 11 is 0. The maximum atomic E-state index is 12.6. The molecule has 1 heterocycles. The highest BCUT2D eigenvalue weighted by molar-refractivity contribution is 7.89. The molecular weight excluding hydrogens is 286 g/mol. The van der Waals surface area contributed by atoms with Gasteiger partial charge in [0.15, 0.2) is 5.69 Å². The van der Waals surface area contributed by atoms with Crippen molar-refractivity contribution in [3.05, 3.63) is 11.4 Å². The van der Waals surface area contributed by atoms with E-state index in [9.17, 15) is 13.2 Å². The first-order valence-corrected chi connectivity index (χ1v) is 7.58. The maximum Gasteiger partial charge on any atom is 0.357 e. The summed E-state index contributed by atoms with van der Waals surface area (Å²) < 4.78 is 26.4. The number of nitrogens with one attached hydrogen (secondary N) is 1. The Morgan fingerprint density at radius 3 is 2.50 bits per heavy atom. The van der Waals surface area contributed by atoms with E-state index in [0.29, 0.717) is 0 Å². The number of carboxylic acids is 1. The normalized spacial score (nSPS) is 12.3. The summed E-state index contributed by atoms with van der Waals surface area (Å²) in [7, 11) is -3.99. The Bertz CT molecular complexity index is 579. The third-order valence-electron chi connectivity index (χ3n) is 2.77. The van der Waals surface area contributed by atoms with E-state index < -0.39 is 21.7 Å².